The van der Waals surface area contributed by atoms with Crippen molar-refractivity contribution in [2.24, 2.45) is 0 Å². The first-order valence-corrected chi connectivity index (χ1v) is 10.8. The number of carbonyl (C=O) groups excluding carboxylic acids is 1. The predicted octanol–water partition coefficient (Wildman–Crippen LogP) is 3.24. The first kappa shape index (κ1) is 21.2. The maximum Gasteiger partial charge on any atom is 0.239 e. The van der Waals surface area contributed by atoms with Gasteiger partial charge in [0.05, 0.1) is 6.04 Å². The highest BCUT2D eigenvalue weighted by atomic mass is 19.1. The van der Waals surface area contributed by atoms with Gasteiger partial charge in [-0.2, -0.15) is 0 Å². The number of halogens is 1. The van der Waals surface area contributed by atoms with Crippen LogP contribution in [0.2, 0.25) is 0 Å². The normalized spacial score (nSPS) is 25.8. The number of hydrogen-bond donors (Lipinski definition) is 2. The second kappa shape index (κ2) is 10.3. The van der Waals surface area contributed by atoms with E-state index in [-0.39, 0.29) is 23.8 Å². The largest absolute Gasteiger partial charge is 0.344 e. The molecule has 2 saturated heterocycles. The summed E-state index contributed by atoms with van der Waals surface area (Å²) in [5.74, 6) is 0.0873. The smallest absolute Gasteiger partial charge is 0.239 e. The Morgan fingerprint density at radius 3 is 2.79 bits per heavy atom. The highest BCUT2D eigenvalue weighted by Gasteiger charge is 2.30. The molecule has 0 saturated carbocycles. The summed E-state index contributed by atoms with van der Waals surface area (Å²) >= 11 is 0. The van der Waals surface area contributed by atoms with Gasteiger partial charge < -0.3 is 4.90 Å². The van der Waals surface area contributed by atoms with Gasteiger partial charge >= 0.3 is 0 Å². The summed E-state index contributed by atoms with van der Waals surface area (Å²) < 4.78 is 13.1. The quantitative estimate of drug-likeness (QED) is 0.715. The molecule has 3 unspecified atom stereocenters. The van der Waals surface area contributed by atoms with E-state index in [1.807, 2.05) is 24.1 Å². The van der Waals surface area contributed by atoms with Crippen LogP contribution in [0.15, 0.2) is 24.3 Å². The van der Waals surface area contributed by atoms with Crippen LogP contribution in [0.5, 0.6) is 0 Å². The Labute approximate surface area is 168 Å². The summed E-state index contributed by atoms with van der Waals surface area (Å²) in [7, 11) is 1.95. The number of rotatable bonds is 8. The average Bonchev–Trinajstić information content (AvgIpc) is 3.17. The minimum atomic E-state index is -0.200. The maximum absolute atomic E-state index is 13.1. The molecule has 0 bridgehead atoms. The van der Waals surface area contributed by atoms with Gasteiger partial charge in [-0.15, -0.1) is 0 Å². The molecule has 5 nitrogen and oxygen atoms in total. The summed E-state index contributed by atoms with van der Waals surface area (Å²) in [5.41, 5.74) is 7.78. The van der Waals surface area contributed by atoms with Gasteiger partial charge in [0.2, 0.25) is 5.91 Å². The van der Waals surface area contributed by atoms with E-state index >= 15 is 0 Å². The van der Waals surface area contributed by atoms with Gasteiger partial charge in [0, 0.05) is 25.7 Å². The molecule has 2 aliphatic rings. The predicted molar refractivity (Wildman–Crippen MR) is 110 cm³/mol. The van der Waals surface area contributed by atoms with Crippen LogP contribution < -0.4 is 10.9 Å². The monoisotopic (exact) mass is 390 g/mol. The highest BCUT2D eigenvalue weighted by Crippen LogP contribution is 2.24. The zero-order valence-corrected chi connectivity index (χ0v) is 17.3. The van der Waals surface area contributed by atoms with E-state index in [0.717, 1.165) is 63.7 Å². The summed E-state index contributed by atoms with van der Waals surface area (Å²) in [6, 6.07) is 7.38. The Kier molecular flexibility index (Phi) is 7.82. The fourth-order valence-electron chi connectivity index (χ4n) is 4.49. The van der Waals surface area contributed by atoms with Gasteiger partial charge in [0.1, 0.15) is 5.82 Å². The average molecular weight is 391 g/mol. The van der Waals surface area contributed by atoms with Crippen LogP contribution in [0.4, 0.5) is 4.39 Å². The van der Waals surface area contributed by atoms with E-state index < -0.39 is 0 Å². The van der Waals surface area contributed by atoms with Gasteiger partial charge in [-0.25, -0.2) is 4.39 Å². The summed E-state index contributed by atoms with van der Waals surface area (Å²) in [6.07, 6.45) is 7.45. The summed E-state index contributed by atoms with van der Waals surface area (Å²) in [6.45, 7) is 5.06. The maximum atomic E-state index is 13.1. The lowest BCUT2D eigenvalue weighted by atomic mass is 9.99. The van der Waals surface area contributed by atoms with Gasteiger partial charge in [-0.3, -0.25) is 20.5 Å². The third kappa shape index (κ3) is 5.52. The first-order valence-electron chi connectivity index (χ1n) is 10.8. The van der Waals surface area contributed by atoms with Crippen LogP contribution in [0.25, 0.3) is 0 Å². The number of benzene rings is 1. The number of nitrogens with one attached hydrogen (secondary N) is 2. The second-order valence-electron chi connectivity index (χ2n) is 8.28. The van der Waals surface area contributed by atoms with Crippen LogP contribution in [0.3, 0.4) is 0 Å². The lowest BCUT2D eigenvalue weighted by Crippen LogP contribution is -2.50. The lowest BCUT2D eigenvalue weighted by molar-refractivity contribution is -0.137. The topological polar surface area (TPSA) is 47.6 Å². The third-order valence-electron chi connectivity index (χ3n) is 6.09. The standard InChI is InChI=1S/C22H35FN4O/c1-3-13-27-15-5-4-8-21(27)22(28)26(2)14-6-7-19-16-20(25-24-19)17-9-11-18(23)12-10-17/h9-12,19-21,24-25H,3-8,13-16H2,1-2H3. The van der Waals surface area contributed by atoms with Crippen LogP contribution >= 0.6 is 0 Å². The number of likely N-dealkylation sites (tertiary alicyclic amines) is 1. The third-order valence-corrected chi connectivity index (χ3v) is 6.09. The molecule has 0 radical (unpaired) electrons. The molecule has 0 aromatic heterocycles. The molecule has 0 aliphatic carbocycles. The first-order chi connectivity index (χ1) is 13.6. The number of hydrogen-bond acceptors (Lipinski definition) is 4. The lowest BCUT2D eigenvalue weighted by Gasteiger charge is -2.36. The van der Waals surface area contributed by atoms with Crippen LogP contribution in [-0.4, -0.2) is 54.5 Å². The number of hydrazine groups is 1. The number of nitrogens with zero attached hydrogens (tertiary/aromatic N) is 2. The Bertz CT molecular complexity index is 621. The Morgan fingerprint density at radius 2 is 2.04 bits per heavy atom. The molecule has 2 heterocycles. The number of carbonyl (C=O) groups is 1. The van der Waals surface area contributed by atoms with Gasteiger partial charge in [0.25, 0.3) is 0 Å². The molecule has 1 aromatic carbocycles. The molecule has 156 valence electrons. The van der Waals surface area contributed by atoms with Crippen molar-refractivity contribution in [2.75, 3.05) is 26.7 Å². The van der Waals surface area contributed by atoms with Crippen LogP contribution in [0.1, 0.15) is 63.5 Å². The second-order valence-corrected chi connectivity index (χ2v) is 8.28. The van der Waals surface area contributed by atoms with Crippen molar-refractivity contribution >= 4 is 5.91 Å². The zero-order chi connectivity index (χ0) is 19.9. The highest BCUT2D eigenvalue weighted by molar-refractivity contribution is 5.81. The van der Waals surface area contributed by atoms with Crippen molar-refractivity contribution in [3.63, 3.8) is 0 Å². The molecular weight excluding hydrogens is 355 g/mol. The van der Waals surface area contributed by atoms with Gasteiger partial charge in [-0.1, -0.05) is 25.5 Å². The number of likely N-dealkylation sites (N-methyl/N-ethyl adjacent to an activating group) is 1. The Balaban J connectivity index is 1.40. The Hall–Kier alpha value is -1.50. The zero-order valence-electron chi connectivity index (χ0n) is 17.3. The number of amides is 1. The molecule has 0 spiro atoms. The van der Waals surface area contributed by atoms with Crippen LogP contribution in [-0.2, 0) is 4.79 Å². The molecule has 28 heavy (non-hydrogen) atoms. The van der Waals surface area contributed by atoms with E-state index in [1.165, 1.54) is 18.6 Å². The fourth-order valence-corrected chi connectivity index (χ4v) is 4.49. The molecule has 3 rings (SSSR count). The minimum Gasteiger partial charge on any atom is -0.344 e. The molecule has 2 aliphatic heterocycles. The molecule has 1 aromatic rings. The minimum absolute atomic E-state index is 0.0767. The van der Waals surface area contributed by atoms with Crippen molar-refractivity contribution < 1.29 is 9.18 Å². The van der Waals surface area contributed by atoms with Crippen molar-refractivity contribution in [1.29, 1.82) is 0 Å². The Morgan fingerprint density at radius 1 is 1.25 bits per heavy atom. The summed E-state index contributed by atoms with van der Waals surface area (Å²) in [5, 5.41) is 0. The molecule has 2 fully saturated rings. The van der Waals surface area contributed by atoms with E-state index in [9.17, 15) is 9.18 Å². The fraction of sp³-hybridized carbons (Fsp3) is 0.682. The summed E-state index contributed by atoms with van der Waals surface area (Å²) in [4.78, 5) is 17.2. The van der Waals surface area contributed by atoms with E-state index in [4.69, 9.17) is 0 Å². The van der Waals surface area contributed by atoms with E-state index in [1.54, 1.807) is 0 Å². The van der Waals surface area contributed by atoms with Crippen molar-refractivity contribution in [3.05, 3.63) is 35.6 Å². The number of piperidine rings is 1. The molecule has 2 N–H and O–H groups in total. The molecule has 3 atom stereocenters. The van der Waals surface area contributed by atoms with Crippen molar-refractivity contribution in [1.82, 2.24) is 20.7 Å². The van der Waals surface area contributed by atoms with Crippen LogP contribution in [0, 0.1) is 5.82 Å². The van der Waals surface area contributed by atoms with E-state index in [0.29, 0.717) is 6.04 Å². The molecular formula is C22H35FN4O. The van der Waals surface area contributed by atoms with Crippen molar-refractivity contribution in [2.45, 2.75) is 70.0 Å². The SMILES string of the molecule is CCCN1CCCCC1C(=O)N(C)CCCC1CC(c2ccc(F)cc2)NN1. The molecule has 1 amide bonds. The van der Waals surface area contributed by atoms with Crippen molar-refractivity contribution in [3.8, 4) is 0 Å². The van der Waals surface area contributed by atoms with E-state index in [2.05, 4.69) is 22.7 Å². The van der Waals surface area contributed by atoms with Gasteiger partial charge in [-0.05, 0) is 69.3 Å². The van der Waals surface area contributed by atoms with Gasteiger partial charge in [0.15, 0.2) is 0 Å². The molecule has 6 heteroatoms.